The summed E-state index contributed by atoms with van der Waals surface area (Å²) in [6.45, 7) is 3.19. The molecule has 6 rings (SSSR count). The number of hydrogen-bond acceptors (Lipinski definition) is 6. The lowest BCUT2D eigenvalue weighted by molar-refractivity contribution is 0.0747. The molecule has 0 atom stereocenters. The van der Waals surface area contributed by atoms with Gasteiger partial charge in [0.25, 0.3) is 5.91 Å². The second-order valence-corrected chi connectivity index (χ2v) is 8.44. The minimum atomic E-state index is 0.0621. The van der Waals surface area contributed by atoms with Gasteiger partial charge in [0, 0.05) is 31.7 Å². The van der Waals surface area contributed by atoms with Crippen LogP contribution in [0.3, 0.4) is 0 Å². The van der Waals surface area contributed by atoms with Gasteiger partial charge in [-0.25, -0.2) is 14.6 Å². The number of benzene rings is 3. The first-order valence-corrected chi connectivity index (χ1v) is 11.4. The lowest BCUT2D eigenvalue weighted by atomic mass is 10.1. The first kappa shape index (κ1) is 20.3. The number of amides is 1. The SMILES string of the molecule is O=C(c1ccc2ccccc2c1)N1CCN(c2ncnc3c2nnn3Cc2ccccc2)CC1. The van der Waals surface area contributed by atoms with Crippen molar-refractivity contribution in [3.8, 4) is 0 Å². The van der Waals surface area contributed by atoms with Gasteiger partial charge in [-0.3, -0.25) is 4.79 Å². The average molecular weight is 450 g/mol. The van der Waals surface area contributed by atoms with Crippen molar-refractivity contribution < 1.29 is 4.79 Å². The molecule has 1 saturated heterocycles. The van der Waals surface area contributed by atoms with Crippen molar-refractivity contribution >= 4 is 33.7 Å². The first-order valence-electron chi connectivity index (χ1n) is 11.4. The zero-order valence-electron chi connectivity index (χ0n) is 18.6. The van der Waals surface area contributed by atoms with Gasteiger partial charge in [-0.15, -0.1) is 5.10 Å². The molecular weight excluding hydrogens is 426 g/mol. The Morgan fingerprint density at radius 2 is 1.59 bits per heavy atom. The van der Waals surface area contributed by atoms with Crippen molar-refractivity contribution in [2.75, 3.05) is 31.1 Å². The summed E-state index contributed by atoms with van der Waals surface area (Å²) in [5.41, 5.74) is 3.26. The number of nitrogens with zero attached hydrogens (tertiary/aromatic N) is 7. The van der Waals surface area contributed by atoms with E-state index in [1.165, 1.54) is 0 Å². The van der Waals surface area contributed by atoms with Gasteiger partial charge < -0.3 is 9.80 Å². The van der Waals surface area contributed by atoms with Crippen LogP contribution in [0, 0.1) is 0 Å². The molecule has 1 aliphatic heterocycles. The molecule has 0 unspecified atom stereocenters. The van der Waals surface area contributed by atoms with E-state index in [1.807, 2.05) is 59.5 Å². The maximum Gasteiger partial charge on any atom is 0.253 e. The highest BCUT2D eigenvalue weighted by Gasteiger charge is 2.25. The lowest BCUT2D eigenvalue weighted by Crippen LogP contribution is -2.49. The molecule has 8 nitrogen and oxygen atoms in total. The number of carbonyl (C=O) groups excluding carboxylic acids is 1. The molecule has 0 radical (unpaired) electrons. The van der Waals surface area contributed by atoms with Crippen LogP contribution in [-0.4, -0.2) is 61.9 Å². The van der Waals surface area contributed by atoms with E-state index in [1.54, 1.807) is 11.0 Å². The number of aromatic nitrogens is 5. The predicted octanol–water partition coefficient (Wildman–Crippen LogP) is 3.39. The molecule has 0 saturated carbocycles. The molecular formula is C26H23N7O. The van der Waals surface area contributed by atoms with Crippen molar-refractivity contribution in [1.82, 2.24) is 29.9 Å². The zero-order valence-corrected chi connectivity index (χ0v) is 18.6. The summed E-state index contributed by atoms with van der Waals surface area (Å²) in [5.74, 6) is 0.828. The number of piperazine rings is 1. The fourth-order valence-corrected chi connectivity index (χ4v) is 4.50. The Labute approximate surface area is 196 Å². The zero-order chi connectivity index (χ0) is 22.9. The van der Waals surface area contributed by atoms with Crippen LogP contribution < -0.4 is 4.90 Å². The van der Waals surface area contributed by atoms with E-state index < -0.39 is 0 Å². The summed E-state index contributed by atoms with van der Waals surface area (Å²) in [6, 6.07) is 24.1. The summed E-state index contributed by atoms with van der Waals surface area (Å²) in [4.78, 5) is 26.1. The van der Waals surface area contributed by atoms with Crippen molar-refractivity contribution in [2.45, 2.75) is 6.54 Å². The second kappa shape index (κ2) is 8.55. The van der Waals surface area contributed by atoms with Gasteiger partial charge in [0.05, 0.1) is 6.54 Å². The summed E-state index contributed by atoms with van der Waals surface area (Å²) >= 11 is 0. The van der Waals surface area contributed by atoms with Gasteiger partial charge in [0.2, 0.25) is 0 Å². The predicted molar refractivity (Wildman–Crippen MR) is 131 cm³/mol. The van der Waals surface area contributed by atoms with Crippen LogP contribution in [0.2, 0.25) is 0 Å². The third-order valence-corrected chi connectivity index (χ3v) is 6.32. The summed E-state index contributed by atoms with van der Waals surface area (Å²) in [7, 11) is 0. The van der Waals surface area contributed by atoms with E-state index in [0.29, 0.717) is 43.9 Å². The van der Waals surface area contributed by atoms with Crippen molar-refractivity contribution in [3.05, 3.63) is 90.3 Å². The maximum absolute atomic E-state index is 13.1. The number of rotatable bonds is 4. The van der Waals surface area contributed by atoms with Crippen LogP contribution >= 0.6 is 0 Å². The van der Waals surface area contributed by atoms with E-state index in [0.717, 1.165) is 27.7 Å². The van der Waals surface area contributed by atoms with Gasteiger partial charge >= 0.3 is 0 Å². The highest BCUT2D eigenvalue weighted by atomic mass is 16.2. The molecule has 1 amide bonds. The fraction of sp³-hybridized carbons (Fsp3) is 0.192. The lowest BCUT2D eigenvalue weighted by Gasteiger charge is -2.35. The number of anilines is 1. The molecule has 168 valence electrons. The topological polar surface area (TPSA) is 80.0 Å². The van der Waals surface area contributed by atoms with E-state index in [-0.39, 0.29) is 5.91 Å². The van der Waals surface area contributed by atoms with Crippen LogP contribution in [0.4, 0.5) is 5.82 Å². The third-order valence-electron chi connectivity index (χ3n) is 6.32. The van der Waals surface area contributed by atoms with Crippen LogP contribution in [0.1, 0.15) is 15.9 Å². The number of fused-ring (bicyclic) bond motifs is 2. The molecule has 1 aliphatic rings. The smallest absolute Gasteiger partial charge is 0.253 e. The average Bonchev–Trinajstić information content (AvgIpc) is 3.31. The van der Waals surface area contributed by atoms with Crippen LogP contribution in [-0.2, 0) is 6.54 Å². The standard InChI is InChI=1S/C26H23N7O/c34-26(22-11-10-20-8-4-5-9-21(20)16-22)32-14-12-31(13-15-32)24-23-25(28-18-27-24)33(30-29-23)17-19-6-2-1-3-7-19/h1-11,16,18H,12-15,17H2. The van der Waals surface area contributed by atoms with Crippen LogP contribution in [0.15, 0.2) is 79.1 Å². The Morgan fingerprint density at radius 3 is 2.41 bits per heavy atom. The minimum Gasteiger partial charge on any atom is -0.351 e. The van der Waals surface area contributed by atoms with Crippen molar-refractivity contribution in [3.63, 3.8) is 0 Å². The minimum absolute atomic E-state index is 0.0621. The van der Waals surface area contributed by atoms with Gasteiger partial charge in [0.1, 0.15) is 6.33 Å². The molecule has 8 heteroatoms. The molecule has 1 fully saturated rings. The van der Waals surface area contributed by atoms with Crippen molar-refractivity contribution in [1.29, 1.82) is 0 Å². The maximum atomic E-state index is 13.1. The monoisotopic (exact) mass is 449 g/mol. The molecule has 5 aromatic rings. The van der Waals surface area contributed by atoms with E-state index in [2.05, 4.69) is 43.4 Å². The Morgan fingerprint density at radius 1 is 0.824 bits per heavy atom. The molecule has 3 aromatic carbocycles. The summed E-state index contributed by atoms with van der Waals surface area (Å²) in [6.07, 6.45) is 1.56. The quantitative estimate of drug-likeness (QED) is 0.419. The molecule has 0 spiro atoms. The highest BCUT2D eigenvalue weighted by Crippen LogP contribution is 2.23. The molecule has 0 N–H and O–H groups in total. The van der Waals surface area contributed by atoms with Crippen LogP contribution in [0.5, 0.6) is 0 Å². The Hall–Kier alpha value is -4.33. The molecule has 2 aromatic heterocycles. The largest absolute Gasteiger partial charge is 0.351 e. The number of carbonyl (C=O) groups is 1. The Kier molecular flexibility index (Phi) is 5.10. The van der Waals surface area contributed by atoms with Crippen LogP contribution in [0.25, 0.3) is 21.9 Å². The van der Waals surface area contributed by atoms with Gasteiger partial charge in [0.15, 0.2) is 17.0 Å². The van der Waals surface area contributed by atoms with Gasteiger partial charge in [-0.1, -0.05) is 65.9 Å². The molecule has 34 heavy (non-hydrogen) atoms. The van der Waals surface area contributed by atoms with E-state index in [9.17, 15) is 4.79 Å². The molecule has 0 bridgehead atoms. The Balaban J connectivity index is 1.18. The van der Waals surface area contributed by atoms with Gasteiger partial charge in [-0.05, 0) is 28.5 Å². The van der Waals surface area contributed by atoms with Crippen molar-refractivity contribution in [2.24, 2.45) is 0 Å². The molecule has 0 aliphatic carbocycles. The molecule has 3 heterocycles. The second-order valence-electron chi connectivity index (χ2n) is 8.44. The first-order chi connectivity index (χ1) is 16.8. The Bertz CT molecular complexity index is 1470. The normalized spacial score (nSPS) is 14.1. The fourth-order valence-electron chi connectivity index (χ4n) is 4.50. The summed E-state index contributed by atoms with van der Waals surface area (Å²) < 4.78 is 1.80. The van der Waals surface area contributed by atoms with E-state index >= 15 is 0 Å². The third kappa shape index (κ3) is 3.73. The van der Waals surface area contributed by atoms with Gasteiger partial charge in [-0.2, -0.15) is 0 Å². The van der Waals surface area contributed by atoms with E-state index in [4.69, 9.17) is 0 Å². The highest BCUT2D eigenvalue weighted by molar-refractivity contribution is 5.98. The summed E-state index contributed by atoms with van der Waals surface area (Å²) in [5, 5.41) is 10.9. The number of hydrogen-bond donors (Lipinski definition) is 0.